The van der Waals surface area contributed by atoms with Gasteiger partial charge < -0.3 is 5.32 Å². The molecule has 0 bridgehead atoms. The first-order valence-corrected chi connectivity index (χ1v) is 11.4. The molecule has 3 aromatic rings. The van der Waals surface area contributed by atoms with Crippen molar-refractivity contribution >= 4 is 17.2 Å². The second kappa shape index (κ2) is 8.60. The van der Waals surface area contributed by atoms with Crippen molar-refractivity contribution in [3.05, 3.63) is 59.8 Å². The molecule has 32 heavy (non-hydrogen) atoms. The SMILES string of the molecule is CC(C)N1CCN(CC2CC2)C[C@@H]1c1nnc2ccc(C(=O)Nc3ccccc3F)cn12. The number of pyridine rings is 1. The molecule has 1 amide bonds. The van der Waals surface area contributed by atoms with Crippen LogP contribution in [-0.2, 0) is 0 Å². The molecule has 1 aromatic carbocycles. The average molecular weight is 437 g/mol. The maximum absolute atomic E-state index is 14.0. The van der Waals surface area contributed by atoms with E-state index in [2.05, 4.69) is 39.2 Å². The first-order chi connectivity index (χ1) is 15.5. The van der Waals surface area contributed by atoms with Gasteiger partial charge in [0.1, 0.15) is 5.82 Å². The zero-order valence-electron chi connectivity index (χ0n) is 18.5. The molecule has 168 valence electrons. The van der Waals surface area contributed by atoms with Crippen molar-refractivity contribution in [2.45, 2.75) is 38.8 Å². The first kappa shape index (κ1) is 21.0. The van der Waals surface area contributed by atoms with Gasteiger partial charge in [-0.15, -0.1) is 10.2 Å². The molecule has 0 unspecified atom stereocenters. The number of nitrogens with zero attached hydrogens (tertiary/aromatic N) is 5. The lowest BCUT2D eigenvalue weighted by atomic mass is 10.1. The van der Waals surface area contributed by atoms with E-state index in [9.17, 15) is 9.18 Å². The fourth-order valence-electron chi connectivity index (χ4n) is 4.56. The van der Waals surface area contributed by atoms with Gasteiger partial charge in [-0.25, -0.2) is 4.39 Å². The fraction of sp³-hybridized carbons (Fsp3) is 0.458. The van der Waals surface area contributed by atoms with E-state index < -0.39 is 5.82 Å². The zero-order valence-corrected chi connectivity index (χ0v) is 18.5. The summed E-state index contributed by atoms with van der Waals surface area (Å²) in [7, 11) is 0. The van der Waals surface area contributed by atoms with Crippen LogP contribution >= 0.6 is 0 Å². The van der Waals surface area contributed by atoms with Crippen molar-refractivity contribution < 1.29 is 9.18 Å². The van der Waals surface area contributed by atoms with Gasteiger partial charge in [-0.3, -0.25) is 19.0 Å². The van der Waals surface area contributed by atoms with Crippen LogP contribution < -0.4 is 5.32 Å². The maximum Gasteiger partial charge on any atom is 0.257 e. The van der Waals surface area contributed by atoms with Gasteiger partial charge in [0.2, 0.25) is 0 Å². The van der Waals surface area contributed by atoms with E-state index in [-0.39, 0.29) is 17.6 Å². The van der Waals surface area contributed by atoms with Crippen LogP contribution in [0.5, 0.6) is 0 Å². The van der Waals surface area contributed by atoms with Crippen molar-refractivity contribution in [3.8, 4) is 0 Å². The quantitative estimate of drug-likeness (QED) is 0.640. The molecule has 3 heterocycles. The highest BCUT2D eigenvalue weighted by Crippen LogP contribution is 2.33. The van der Waals surface area contributed by atoms with Gasteiger partial charge >= 0.3 is 0 Å². The van der Waals surface area contributed by atoms with Crippen molar-refractivity contribution in [1.82, 2.24) is 24.4 Å². The minimum atomic E-state index is -0.461. The highest BCUT2D eigenvalue weighted by Gasteiger charge is 2.35. The number of amides is 1. The number of carbonyl (C=O) groups is 1. The zero-order chi connectivity index (χ0) is 22.2. The molecule has 0 radical (unpaired) electrons. The van der Waals surface area contributed by atoms with Gasteiger partial charge in [-0.2, -0.15) is 0 Å². The van der Waals surface area contributed by atoms with Gasteiger partial charge in [-0.1, -0.05) is 12.1 Å². The molecular weight excluding hydrogens is 407 g/mol. The number of hydrogen-bond acceptors (Lipinski definition) is 5. The number of hydrogen-bond donors (Lipinski definition) is 1. The summed E-state index contributed by atoms with van der Waals surface area (Å²) in [6.45, 7) is 8.52. The minimum absolute atomic E-state index is 0.0994. The Bertz CT molecular complexity index is 1120. The Morgan fingerprint density at radius 3 is 2.72 bits per heavy atom. The van der Waals surface area contributed by atoms with E-state index in [1.54, 1.807) is 36.5 Å². The van der Waals surface area contributed by atoms with E-state index in [0.717, 1.165) is 37.9 Å². The topological polar surface area (TPSA) is 65.8 Å². The highest BCUT2D eigenvalue weighted by atomic mass is 19.1. The molecule has 1 aliphatic heterocycles. The minimum Gasteiger partial charge on any atom is -0.319 e. The largest absolute Gasteiger partial charge is 0.319 e. The van der Waals surface area contributed by atoms with Crippen molar-refractivity contribution in [2.75, 3.05) is 31.5 Å². The number of nitrogens with one attached hydrogen (secondary N) is 1. The molecule has 8 heteroatoms. The molecule has 1 aliphatic carbocycles. The van der Waals surface area contributed by atoms with E-state index in [1.807, 2.05) is 4.40 Å². The molecule has 1 atom stereocenters. The van der Waals surface area contributed by atoms with Crippen LogP contribution in [0, 0.1) is 11.7 Å². The van der Waals surface area contributed by atoms with E-state index >= 15 is 0 Å². The summed E-state index contributed by atoms with van der Waals surface area (Å²) < 4.78 is 15.9. The third kappa shape index (κ3) is 4.25. The molecule has 1 saturated heterocycles. The van der Waals surface area contributed by atoms with Crippen LogP contribution in [0.25, 0.3) is 5.65 Å². The summed E-state index contributed by atoms with van der Waals surface area (Å²) >= 11 is 0. The van der Waals surface area contributed by atoms with Gasteiger partial charge in [0.15, 0.2) is 11.5 Å². The fourth-order valence-corrected chi connectivity index (χ4v) is 4.56. The van der Waals surface area contributed by atoms with Crippen LogP contribution in [0.3, 0.4) is 0 Å². The number of carbonyl (C=O) groups excluding carboxylic acids is 1. The number of piperazine rings is 1. The average Bonchev–Trinajstić information content (AvgIpc) is 3.50. The van der Waals surface area contributed by atoms with Crippen molar-refractivity contribution in [2.24, 2.45) is 5.92 Å². The summed E-state index contributed by atoms with van der Waals surface area (Å²) in [4.78, 5) is 17.8. The lowest BCUT2D eigenvalue weighted by Gasteiger charge is -2.42. The van der Waals surface area contributed by atoms with Crippen LogP contribution in [0.1, 0.15) is 48.9 Å². The van der Waals surface area contributed by atoms with Crippen LogP contribution in [0.15, 0.2) is 42.6 Å². The predicted molar refractivity (Wildman–Crippen MR) is 121 cm³/mol. The molecule has 2 aliphatic rings. The number of rotatable bonds is 6. The normalized spacial score (nSPS) is 20.2. The molecule has 2 fully saturated rings. The third-order valence-electron chi connectivity index (χ3n) is 6.49. The maximum atomic E-state index is 14.0. The smallest absolute Gasteiger partial charge is 0.257 e. The summed E-state index contributed by atoms with van der Waals surface area (Å²) in [6.07, 6.45) is 4.44. The Balaban J connectivity index is 1.44. The lowest BCUT2D eigenvalue weighted by Crippen LogP contribution is -2.51. The second-order valence-electron chi connectivity index (χ2n) is 9.19. The molecule has 2 aromatic heterocycles. The number of anilines is 1. The molecule has 5 rings (SSSR count). The predicted octanol–water partition coefficient (Wildman–Crippen LogP) is 3.60. The van der Waals surface area contributed by atoms with Crippen molar-refractivity contribution in [3.63, 3.8) is 0 Å². The number of aromatic nitrogens is 3. The molecule has 7 nitrogen and oxygen atoms in total. The summed E-state index contributed by atoms with van der Waals surface area (Å²) in [5.74, 6) is 0.855. The Morgan fingerprint density at radius 1 is 1.16 bits per heavy atom. The Kier molecular flexibility index (Phi) is 5.65. The summed E-state index contributed by atoms with van der Waals surface area (Å²) in [5, 5.41) is 11.6. The van der Waals surface area contributed by atoms with Gasteiger partial charge in [-0.05, 0) is 56.9 Å². The molecule has 0 spiro atoms. The van der Waals surface area contributed by atoms with Gasteiger partial charge in [0, 0.05) is 38.4 Å². The Morgan fingerprint density at radius 2 is 1.97 bits per heavy atom. The molecule has 1 N–H and O–H groups in total. The van der Waals surface area contributed by atoms with Gasteiger partial charge in [0.05, 0.1) is 17.3 Å². The standard InChI is InChI=1S/C24H29FN6O/c1-16(2)30-12-11-29(13-17-7-8-17)15-21(30)23-28-27-22-10-9-18(14-31(22)23)24(32)26-20-6-4-3-5-19(20)25/h3-6,9-10,14,16-17,21H,7-8,11-13,15H2,1-2H3,(H,26,32)/t21-/m1/s1. The third-order valence-corrected chi connectivity index (χ3v) is 6.49. The number of benzene rings is 1. The molecule has 1 saturated carbocycles. The number of para-hydroxylation sites is 1. The van der Waals surface area contributed by atoms with Crippen molar-refractivity contribution in [1.29, 1.82) is 0 Å². The monoisotopic (exact) mass is 436 g/mol. The Hall–Kier alpha value is -2.84. The Labute approximate surface area is 187 Å². The molecular formula is C24H29FN6O. The lowest BCUT2D eigenvalue weighted by molar-refractivity contribution is 0.0437. The highest BCUT2D eigenvalue weighted by molar-refractivity contribution is 6.04. The van der Waals surface area contributed by atoms with Crippen LogP contribution in [-0.4, -0.2) is 62.5 Å². The van der Waals surface area contributed by atoms with Crippen LogP contribution in [0.4, 0.5) is 10.1 Å². The second-order valence-corrected chi connectivity index (χ2v) is 9.19. The summed E-state index contributed by atoms with van der Waals surface area (Å²) in [6, 6.07) is 10.1. The van der Waals surface area contributed by atoms with E-state index in [4.69, 9.17) is 0 Å². The van der Waals surface area contributed by atoms with E-state index in [1.165, 1.54) is 18.9 Å². The summed E-state index contributed by atoms with van der Waals surface area (Å²) in [5.41, 5.74) is 1.30. The van der Waals surface area contributed by atoms with Crippen LogP contribution in [0.2, 0.25) is 0 Å². The van der Waals surface area contributed by atoms with E-state index in [0.29, 0.717) is 17.3 Å². The van der Waals surface area contributed by atoms with Gasteiger partial charge in [0.25, 0.3) is 5.91 Å². The number of fused-ring (bicyclic) bond motifs is 1. The first-order valence-electron chi connectivity index (χ1n) is 11.4. The number of halogens is 1.